The van der Waals surface area contributed by atoms with Crippen LogP contribution in [0.15, 0.2) is 30.3 Å². The lowest BCUT2D eigenvalue weighted by Crippen LogP contribution is -2.18. The Bertz CT molecular complexity index is 582. The fraction of sp³-hybridized carbons (Fsp3) is 0.286. The Morgan fingerprint density at radius 1 is 1.24 bits per heavy atom. The number of pyridine rings is 1. The van der Waals surface area contributed by atoms with Gasteiger partial charge in [-0.25, -0.2) is 9.78 Å². The Kier molecular flexibility index (Phi) is 2.62. The largest absolute Gasteiger partial charge is 0.477 e. The summed E-state index contributed by atoms with van der Waals surface area (Å²) in [6.07, 6.45) is 0. The molecule has 0 spiro atoms. The molecule has 0 amide bonds. The number of fused-ring (bicyclic) bond motifs is 1. The molecule has 1 N–H and O–H groups in total. The van der Waals surface area contributed by atoms with Crippen LogP contribution in [0, 0.1) is 0 Å². The van der Waals surface area contributed by atoms with Gasteiger partial charge in [-0.1, -0.05) is 39.0 Å². The van der Waals surface area contributed by atoms with Gasteiger partial charge in [-0.3, -0.25) is 0 Å². The first-order valence-electron chi connectivity index (χ1n) is 5.53. The van der Waals surface area contributed by atoms with E-state index in [-0.39, 0.29) is 11.1 Å². The lowest BCUT2D eigenvalue weighted by Gasteiger charge is -2.21. The van der Waals surface area contributed by atoms with Crippen LogP contribution in [0.4, 0.5) is 0 Å². The van der Waals surface area contributed by atoms with E-state index in [1.54, 1.807) is 0 Å². The summed E-state index contributed by atoms with van der Waals surface area (Å²) in [6, 6.07) is 9.48. The summed E-state index contributed by atoms with van der Waals surface area (Å²) < 4.78 is 0. The average Bonchev–Trinajstić information content (AvgIpc) is 2.26. The maximum absolute atomic E-state index is 11.2. The Labute approximate surface area is 100 Å². The van der Waals surface area contributed by atoms with Gasteiger partial charge in [-0.05, 0) is 23.1 Å². The molecule has 3 nitrogen and oxygen atoms in total. The molecule has 2 rings (SSSR count). The first-order chi connectivity index (χ1) is 7.89. The lowest BCUT2D eigenvalue weighted by molar-refractivity contribution is 0.0688. The quantitative estimate of drug-likeness (QED) is 0.816. The van der Waals surface area contributed by atoms with Crippen LogP contribution < -0.4 is 0 Å². The van der Waals surface area contributed by atoms with Crippen molar-refractivity contribution in [3.05, 3.63) is 41.6 Å². The standard InChI is InChI=1S/C14H15NO2/c1-14(2,3)10-8-9-6-4-5-7-11(9)15-12(10)13(16)17/h4-8H,1-3H3,(H,16,17). The van der Waals surface area contributed by atoms with Gasteiger partial charge in [0.15, 0.2) is 5.69 Å². The number of para-hydroxylation sites is 1. The summed E-state index contributed by atoms with van der Waals surface area (Å²) >= 11 is 0. The van der Waals surface area contributed by atoms with Gasteiger partial charge in [0.2, 0.25) is 0 Å². The summed E-state index contributed by atoms with van der Waals surface area (Å²) in [5.41, 5.74) is 1.41. The molecule has 0 unspecified atom stereocenters. The van der Waals surface area contributed by atoms with E-state index in [2.05, 4.69) is 4.98 Å². The van der Waals surface area contributed by atoms with Crippen LogP contribution in [0.1, 0.15) is 36.8 Å². The number of carboxylic acid groups (broad SMARTS) is 1. The van der Waals surface area contributed by atoms with E-state index in [1.807, 2.05) is 51.1 Å². The first kappa shape index (κ1) is 11.6. The number of benzene rings is 1. The van der Waals surface area contributed by atoms with Crippen LogP contribution in [0.25, 0.3) is 10.9 Å². The number of carboxylic acids is 1. The number of rotatable bonds is 1. The van der Waals surface area contributed by atoms with Crippen molar-refractivity contribution >= 4 is 16.9 Å². The molecule has 0 aliphatic carbocycles. The summed E-state index contributed by atoms with van der Waals surface area (Å²) in [5.74, 6) is -0.972. The fourth-order valence-corrected chi connectivity index (χ4v) is 1.85. The van der Waals surface area contributed by atoms with Gasteiger partial charge in [0.05, 0.1) is 5.52 Å². The zero-order valence-electron chi connectivity index (χ0n) is 10.2. The van der Waals surface area contributed by atoms with E-state index in [1.165, 1.54) is 0 Å². The average molecular weight is 229 g/mol. The maximum atomic E-state index is 11.2. The topological polar surface area (TPSA) is 50.2 Å². The van der Waals surface area contributed by atoms with Crippen molar-refractivity contribution in [1.82, 2.24) is 4.98 Å². The van der Waals surface area contributed by atoms with Crippen molar-refractivity contribution in [2.24, 2.45) is 0 Å². The number of hydrogen-bond donors (Lipinski definition) is 1. The zero-order valence-corrected chi connectivity index (χ0v) is 10.2. The zero-order chi connectivity index (χ0) is 12.6. The second-order valence-electron chi connectivity index (χ2n) is 5.13. The van der Waals surface area contributed by atoms with E-state index in [0.717, 1.165) is 16.5 Å². The molecular weight excluding hydrogens is 214 g/mol. The molecule has 0 atom stereocenters. The van der Waals surface area contributed by atoms with Gasteiger partial charge in [-0.2, -0.15) is 0 Å². The molecular formula is C14H15NO2. The molecule has 88 valence electrons. The molecule has 2 aromatic rings. The molecule has 3 heteroatoms. The highest BCUT2D eigenvalue weighted by atomic mass is 16.4. The van der Waals surface area contributed by atoms with Crippen molar-refractivity contribution in [3.8, 4) is 0 Å². The Balaban J connectivity index is 2.80. The molecule has 0 aliphatic rings. The molecule has 0 saturated heterocycles. The molecule has 1 heterocycles. The van der Waals surface area contributed by atoms with Crippen molar-refractivity contribution < 1.29 is 9.90 Å². The van der Waals surface area contributed by atoms with Crippen molar-refractivity contribution in [1.29, 1.82) is 0 Å². The van der Waals surface area contributed by atoms with Crippen LogP contribution in [0.5, 0.6) is 0 Å². The minimum Gasteiger partial charge on any atom is -0.477 e. The van der Waals surface area contributed by atoms with Crippen molar-refractivity contribution in [2.75, 3.05) is 0 Å². The van der Waals surface area contributed by atoms with Crippen LogP contribution in [0.3, 0.4) is 0 Å². The van der Waals surface area contributed by atoms with E-state index in [9.17, 15) is 9.90 Å². The first-order valence-corrected chi connectivity index (χ1v) is 5.53. The Morgan fingerprint density at radius 3 is 2.47 bits per heavy atom. The lowest BCUT2D eigenvalue weighted by atomic mass is 9.85. The van der Waals surface area contributed by atoms with Gasteiger partial charge < -0.3 is 5.11 Å². The summed E-state index contributed by atoms with van der Waals surface area (Å²) in [5, 5.41) is 10.2. The molecule has 0 bridgehead atoms. The highest BCUT2D eigenvalue weighted by Crippen LogP contribution is 2.28. The molecule has 1 aromatic heterocycles. The van der Waals surface area contributed by atoms with Crippen LogP contribution >= 0.6 is 0 Å². The predicted octanol–water partition coefficient (Wildman–Crippen LogP) is 3.23. The van der Waals surface area contributed by atoms with Gasteiger partial charge in [0.1, 0.15) is 0 Å². The number of aromatic nitrogens is 1. The van der Waals surface area contributed by atoms with E-state index in [4.69, 9.17) is 0 Å². The minimum atomic E-state index is -0.972. The normalized spacial score (nSPS) is 11.7. The smallest absolute Gasteiger partial charge is 0.354 e. The third-order valence-corrected chi connectivity index (χ3v) is 2.73. The third kappa shape index (κ3) is 2.13. The number of nitrogens with zero attached hydrogens (tertiary/aromatic N) is 1. The van der Waals surface area contributed by atoms with Crippen molar-refractivity contribution in [3.63, 3.8) is 0 Å². The third-order valence-electron chi connectivity index (χ3n) is 2.73. The van der Waals surface area contributed by atoms with E-state index < -0.39 is 5.97 Å². The molecule has 0 saturated carbocycles. The molecule has 0 fully saturated rings. The Morgan fingerprint density at radius 2 is 1.88 bits per heavy atom. The summed E-state index contributed by atoms with van der Waals surface area (Å²) in [4.78, 5) is 15.5. The molecule has 0 radical (unpaired) electrons. The molecule has 0 aliphatic heterocycles. The maximum Gasteiger partial charge on any atom is 0.354 e. The Hall–Kier alpha value is -1.90. The van der Waals surface area contributed by atoms with Gasteiger partial charge in [0.25, 0.3) is 0 Å². The SMILES string of the molecule is CC(C)(C)c1cc2ccccc2nc1C(=O)O. The van der Waals surface area contributed by atoms with E-state index in [0.29, 0.717) is 0 Å². The van der Waals surface area contributed by atoms with Crippen LogP contribution in [-0.2, 0) is 5.41 Å². The predicted molar refractivity (Wildman–Crippen MR) is 67.4 cm³/mol. The van der Waals surface area contributed by atoms with Crippen LogP contribution in [0.2, 0.25) is 0 Å². The number of hydrogen-bond acceptors (Lipinski definition) is 2. The second kappa shape index (κ2) is 3.84. The number of aromatic carboxylic acids is 1. The van der Waals surface area contributed by atoms with Gasteiger partial charge in [0, 0.05) is 5.39 Å². The second-order valence-corrected chi connectivity index (χ2v) is 5.13. The van der Waals surface area contributed by atoms with Crippen molar-refractivity contribution in [2.45, 2.75) is 26.2 Å². The minimum absolute atomic E-state index is 0.149. The van der Waals surface area contributed by atoms with Gasteiger partial charge in [-0.15, -0.1) is 0 Å². The van der Waals surface area contributed by atoms with E-state index >= 15 is 0 Å². The highest BCUT2D eigenvalue weighted by molar-refractivity contribution is 5.92. The van der Waals surface area contributed by atoms with Crippen LogP contribution in [-0.4, -0.2) is 16.1 Å². The number of carbonyl (C=O) groups is 1. The molecule has 1 aromatic carbocycles. The fourth-order valence-electron chi connectivity index (χ4n) is 1.85. The highest BCUT2D eigenvalue weighted by Gasteiger charge is 2.23. The molecule has 17 heavy (non-hydrogen) atoms. The summed E-state index contributed by atoms with van der Waals surface area (Å²) in [7, 11) is 0. The monoisotopic (exact) mass is 229 g/mol. The summed E-state index contributed by atoms with van der Waals surface area (Å²) in [6.45, 7) is 5.97. The van der Waals surface area contributed by atoms with Gasteiger partial charge >= 0.3 is 5.97 Å².